The SMILES string of the molecule is O=CCCSc1nccc(=O)[nH]1. The van der Waals surface area contributed by atoms with Gasteiger partial charge in [-0.25, -0.2) is 4.98 Å². The largest absolute Gasteiger partial charge is 0.303 e. The summed E-state index contributed by atoms with van der Waals surface area (Å²) in [5.74, 6) is 0.649. The minimum absolute atomic E-state index is 0.168. The van der Waals surface area contributed by atoms with Gasteiger partial charge in [0.15, 0.2) is 5.16 Å². The molecule has 0 radical (unpaired) electrons. The van der Waals surface area contributed by atoms with Gasteiger partial charge in [-0.2, -0.15) is 0 Å². The summed E-state index contributed by atoms with van der Waals surface area (Å²) in [4.78, 5) is 27.2. The molecule has 1 aromatic rings. The van der Waals surface area contributed by atoms with Crippen molar-refractivity contribution < 1.29 is 4.79 Å². The molecule has 12 heavy (non-hydrogen) atoms. The summed E-state index contributed by atoms with van der Waals surface area (Å²) in [6.07, 6.45) is 2.76. The van der Waals surface area contributed by atoms with Crippen LogP contribution in [0.3, 0.4) is 0 Å². The lowest BCUT2D eigenvalue weighted by Gasteiger charge is -1.94. The molecule has 1 aromatic heterocycles. The summed E-state index contributed by atoms with van der Waals surface area (Å²) >= 11 is 1.36. The Hall–Kier alpha value is -1.10. The first-order valence-corrected chi connectivity index (χ1v) is 4.43. The van der Waals surface area contributed by atoms with Crippen molar-refractivity contribution in [3.8, 4) is 0 Å². The summed E-state index contributed by atoms with van der Waals surface area (Å²) < 4.78 is 0. The third kappa shape index (κ3) is 2.87. The quantitative estimate of drug-likeness (QED) is 0.319. The zero-order valence-electron chi connectivity index (χ0n) is 6.32. The van der Waals surface area contributed by atoms with Gasteiger partial charge in [0.25, 0.3) is 5.56 Å². The van der Waals surface area contributed by atoms with Gasteiger partial charge in [0.2, 0.25) is 0 Å². The number of H-pyrrole nitrogens is 1. The van der Waals surface area contributed by atoms with Gasteiger partial charge >= 0.3 is 0 Å². The average Bonchev–Trinajstić information content (AvgIpc) is 2.05. The van der Waals surface area contributed by atoms with Crippen LogP contribution >= 0.6 is 11.8 Å². The van der Waals surface area contributed by atoms with Crippen LogP contribution in [0, 0.1) is 0 Å². The van der Waals surface area contributed by atoms with Gasteiger partial charge in [-0.1, -0.05) is 11.8 Å². The number of nitrogens with zero attached hydrogens (tertiary/aromatic N) is 1. The molecule has 1 N–H and O–H groups in total. The zero-order chi connectivity index (χ0) is 8.81. The molecule has 0 fully saturated rings. The van der Waals surface area contributed by atoms with Crippen molar-refractivity contribution in [1.29, 1.82) is 0 Å². The monoisotopic (exact) mass is 184 g/mol. The molecule has 0 atom stereocenters. The Bertz CT molecular complexity index is 310. The molecule has 0 bridgehead atoms. The topological polar surface area (TPSA) is 62.8 Å². The van der Waals surface area contributed by atoms with Crippen LogP contribution < -0.4 is 5.56 Å². The molecular weight excluding hydrogens is 176 g/mol. The first-order valence-electron chi connectivity index (χ1n) is 3.44. The fourth-order valence-corrected chi connectivity index (χ4v) is 1.34. The van der Waals surface area contributed by atoms with Crippen molar-refractivity contribution in [2.75, 3.05) is 5.75 Å². The Morgan fingerprint density at radius 3 is 3.17 bits per heavy atom. The van der Waals surface area contributed by atoms with E-state index < -0.39 is 0 Å². The molecule has 0 spiro atoms. The van der Waals surface area contributed by atoms with Crippen molar-refractivity contribution in [2.24, 2.45) is 0 Å². The number of rotatable bonds is 4. The van der Waals surface area contributed by atoms with Crippen molar-refractivity contribution in [3.05, 3.63) is 22.6 Å². The predicted octanol–water partition coefficient (Wildman–Crippen LogP) is 0.451. The predicted molar refractivity (Wildman–Crippen MR) is 46.3 cm³/mol. The third-order valence-electron chi connectivity index (χ3n) is 1.12. The summed E-state index contributed by atoms with van der Waals surface area (Å²) in [6, 6.07) is 1.35. The molecule has 1 rings (SSSR count). The lowest BCUT2D eigenvalue weighted by molar-refractivity contribution is -0.107. The Morgan fingerprint density at radius 1 is 1.67 bits per heavy atom. The number of carbonyl (C=O) groups is 1. The maximum absolute atomic E-state index is 10.7. The van der Waals surface area contributed by atoms with Crippen molar-refractivity contribution in [1.82, 2.24) is 9.97 Å². The second-order valence-corrected chi connectivity index (χ2v) is 3.13. The number of hydrogen-bond donors (Lipinski definition) is 1. The molecule has 0 aliphatic heterocycles. The molecule has 0 unspecified atom stereocenters. The van der Waals surface area contributed by atoms with Gasteiger partial charge in [0.05, 0.1) is 0 Å². The van der Waals surface area contributed by atoms with Gasteiger partial charge in [-0.3, -0.25) is 4.79 Å². The highest BCUT2D eigenvalue weighted by Gasteiger charge is 1.94. The van der Waals surface area contributed by atoms with Crippen LogP contribution in [0.15, 0.2) is 22.2 Å². The first kappa shape index (κ1) is 8.99. The number of aldehydes is 1. The highest BCUT2D eigenvalue weighted by molar-refractivity contribution is 7.99. The standard InChI is InChI=1S/C7H8N2O2S/c10-4-1-5-12-7-8-3-2-6(11)9-7/h2-4H,1,5H2,(H,8,9,11). The minimum atomic E-state index is -0.168. The van der Waals surface area contributed by atoms with E-state index in [1.54, 1.807) is 0 Å². The normalized spacial score (nSPS) is 9.67. The van der Waals surface area contributed by atoms with Crippen LogP contribution in [0.25, 0.3) is 0 Å². The molecule has 4 nitrogen and oxygen atoms in total. The van der Waals surface area contributed by atoms with Gasteiger partial charge in [0, 0.05) is 24.4 Å². The zero-order valence-corrected chi connectivity index (χ0v) is 7.13. The third-order valence-corrected chi connectivity index (χ3v) is 2.04. The minimum Gasteiger partial charge on any atom is -0.303 e. The van der Waals surface area contributed by atoms with Crippen LogP contribution in [0.2, 0.25) is 0 Å². The number of aromatic amines is 1. The smallest absolute Gasteiger partial charge is 0.251 e. The molecule has 0 amide bonds. The summed E-state index contributed by atoms with van der Waals surface area (Å²) in [7, 11) is 0. The summed E-state index contributed by atoms with van der Waals surface area (Å²) in [5.41, 5.74) is -0.168. The van der Waals surface area contributed by atoms with E-state index in [2.05, 4.69) is 9.97 Å². The molecule has 0 saturated carbocycles. The number of hydrogen-bond acceptors (Lipinski definition) is 4. The molecule has 0 aliphatic rings. The van der Waals surface area contributed by atoms with Crippen LogP contribution in [-0.2, 0) is 4.79 Å². The molecule has 5 heteroatoms. The van der Waals surface area contributed by atoms with E-state index in [1.165, 1.54) is 24.0 Å². The van der Waals surface area contributed by atoms with Crippen molar-refractivity contribution in [2.45, 2.75) is 11.6 Å². The summed E-state index contributed by atoms with van der Waals surface area (Å²) in [5, 5.41) is 0.560. The molecular formula is C7H8N2O2S. The van der Waals surface area contributed by atoms with Gasteiger partial charge in [0.1, 0.15) is 6.29 Å². The van der Waals surface area contributed by atoms with Gasteiger partial charge in [-0.05, 0) is 0 Å². The molecule has 0 aliphatic carbocycles. The van der Waals surface area contributed by atoms with E-state index in [9.17, 15) is 9.59 Å². The number of nitrogens with one attached hydrogen (secondary N) is 1. The number of thioether (sulfide) groups is 1. The first-order chi connectivity index (χ1) is 5.83. The fourth-order valence-electron chi connectivity index (χ4n) is 0.629. The number of carbonyl (C=O) groups excluding carboxylic acids is 1. The number of aromatic nitrogens is 2. The Morgan fingerprint density at radius 2 is 2.50 bits per heavy atom. The average molecular weight is 184 g/mol. The maximum Gasteiger partial charge on any atom is 0.251 e. The summed E-state index contributed by atoms with van der Waals surface area (Å²) in [6.45, 7) is 0. The van der Waals surface area contributed by atoms with Gasteiger partial charge < -0.3 is 9.78 Å². The van der Waals surface area contributed by atoms with Crippen LogP contribution in [0.4, 0.5) is 0 Å². The van der Waals surface area contributed by atoms with E-state index in [0.717, 1.165) is 6.29 Å². The second-order valence-electron chi connectivity index (χ2n) is 2.04. The maximum atomic E-state index is 10.7. The molecule has 64 valence electrons. The van der Waals surface area contributed by atoms with E-state index in [0.29, 0.717) is 17.3 Å². The van der Waals surface area contributed by atoms with E-state index in [1.807, 2.05) is 0 Å². The highest BCUT2D eigenvalue weighted by Crippen LogP contribution is 2.09. The molecule has 1 heterocycles. The molecule has 0 saturated heterocycles. The Balaban J connectivity index is 2.52. The van der Waals surface area contributed by atoms with E-state index >= 15 is 0 Å². The Labute approximate surface area is 73.4 Å². The van der Waals surface area contributed by atoms with Crippen molar-refractivity contribution >= 4 is 18.0 Å². The molecule has 0 aromatic carbocycles. The van der Waals surface area contributed by atoms with Gasteiger partial charge in [-0.15, -0.1) is 0 Å². The van der Waals surface area contributed by atoms with Crippen LogP contribution in [0.1, 0.15) is 6.42 Å². The van der Waals surface area contributed by atoms with E-state index in [4.69, 9.17) is 0 Å². The van der Waals surface area contributed by atoms with E-state index in [-0.39, 0.29) is 5.56 Å². The second kappa shape index (κ2) is 4.71. The van der Waals surface area contributed by atoms with Crippen LogP contribution in [-0.4, -0.2) is 22.0 Å². The van der Waals surface area contributed by atoms with Crippen molar-refractivity contribution in [3.63, 3.8) is 0 Å². The van der Waals surface area contributed by atoms with Crippen LogP contribution in [0.5, 0.6) is 0 Å². The lowest BCUT2D eigenvalue weighted by Crippen LogP contribution is -2.05. The Kier molecular flexibility index (Phi) is 3.53. The highest BCUT2D eigenvalue weighted by atomic mass is 32.2. The lowest BCUT2D eigenvalue weighted by atomic mass is 10.6. The fraction of sp³-hybridized carbons (Fsp3) is 0.286.